The maximum absolute atomic E-state index is 9.76. The third-order valence-corrected chi connectivity index (χ3v) is 2.22. The highest BCUT2D eigenvalue weighted by Gasteiger charge is 2.09. The van der Waals surface area contributed by atoms with Crippen molar-refractivity contribution in [2.75, 3.05) is 7.11 Å². The van der Waals surface area contributed by atoms with Crippen molar-refractivity contribution in [3.8, 4) is 22.6 Å². The molecule has 2 rings (SSSR count). The van der Waals surface area contributed by atoms with Gasteiger partial charge in [0.2, 0.25) is 0 Å². The van der Waals surface area contributed by atoms with Gasteiger partial charge in [0.1, 0.15) is 11.5 Å². The molecular formula is C13H11O2. The fourth-order valence-corrected chi connectivity index (χ4v) is 1.52. The first-order valence-electron chi connectivity index (χ1n) is 4.65. The Labute approximate surface area is 88.8 Å². The molecule has 0 unspecified atom stereocenters. The number of benzene rings is 2. The molecule has 0 aliphatic heterocycles. The molecule has 0 fully saturated rings. The van der Waals surface area contributed by atoms with Crippen molar-refractivity contribution in [2.45, 2.75) is 0 Å². The van der Waals surface area contributed by atoms with Gasteiger partial charge < -0.3 is 9.84 Å². The average molecular weight is 199 g/mol. The topological polar surface area (TPSA) is 29.5 Å². The van der Waals surface area contributed by atoms with E-state index in [2.05, 4.69) is 6.07 Å². The number of phenols is 1. The number of phenolic OH excluding ortho intramolecular Hbond substituents is 1. The quantitative estimate of drug-likeness (QED) is 0.805. The van der Waals surface area contributed by atoms with Crippen LogP contribution >= 0.6 is 0 Å². The van der Waals surface area contributed by atoms with Crippen LogP contribution in [0.4, 0.5) is 0 Å². The first-order chi connectivity index (χ1) is 7.33. The Bertz CT molecular complexity index is 449. The van der Waals surface area contributed by atoms with Crippen molar-refractivity contribution in [2.24, 2.45) is 0 Å². The summed E-state index contributed by atoms with van der Waals surface area (Å²) in [7, 11) is 1.58. The zero-order valence-electron chi connectivity index (χ0n) is 8.40. The molecule has 15 heavy (non-hydrogen) atoms. The van der Waals surface area contributed by atoms with Crippen molar-refractivity contribution < 1.29 is 9.84 Å². The molecule has 0 bridgehead atoms. The van der Waals surface area contributed by atoms with Crippen LogP contribution in [0.1, 0.15) is 0 Å². The highest BCUT2D eigenvalue weighted by Crippen LogP contribution is 2.36. The van der Waals surface area contributed by atoms with Crippen molar-refractivity contribution in [1.82, 2.24) is 0 Å². The molecule has 0 saturated heterocycles. The van der Waals surface area contributed by atoms with Crippen LogP contribution in [-0.4, -0.2) is 12.2 Å². The molecule has 0 spiro atoms. The van der Waals surface area contributed by atoms with E-state index in [0.29, 0.717) is 11.3 Å². The van der Waals surface area contributed by atoms with Crippen LogP contribution in [0.15, 0.2) is 42.5 Å². The Hall–Kier alpha value is -1.96. The zero-order valence-corrected chi connectivity index (χ0v) is 8.40. The predicted octanol–water partition coefficient (Wildman–Crippen LogP) is 2.87. The van der Waals surface area contributed by atoms with Crippen molar-refractivity contribution in [1.29, 1.82) is 0 Å². The minimum absolute atomic E-state index is 0.181. The number of rotatable bonds is 2. The summed E-state index contributed by atoms with van der Waals surface area (Å²) in [5, 5.41) is 9.76. The Morgan fingerprint density at radius 2 is 1.87 bits per heavy atom. The van der Waals surface area contributed by atoms with Crippen LogP contribution in [0.25, 0.3) is 11.1 Å². The summed E-state index contributed by atoms with van der Waals surface area (Å²) >= 11 is 0. The van der Waals surface area contributed by atoms with E-state index in [1.807, 2.05) is 30.3 Å². The lowest BCUT2D eigenvalue weighted by Gasteiger charge is -2.09. The Kier molecular flexibility index (Phi) is 2.59. The van der Waals surface area contributed by atoms with E-state index in [0.717, 1.165) is 5.56 Å². The number of ether oxygens (including phenoxy) is 1. The molecule has 2 aromatic rings. The summed E-state index contributed by atoms with van der Waals surface area (Å²) in [5.74, 6) is 0.807. The van der Waals surface area contributed by atoms with Gasteiger partial charge in [0.25, 0.3) is 0 Å². The van der Waals surface area contributed by atoms with E-state index < -0.39 is 0 Å². The third kappa shape index (κ3) is 1.79. The molecule has 1 radical (unpaired) electrons. The number of aromatic hydroxyl groups is 1. The van der Waals surface area contributed by atoms with Crippen molar-refractivity contribution in [3.63, 3.8) is 0 Å². The zero-order chi connectivity index (χ0) is 10.7. The standard InChI is InChI=1S/C13H11O2/c1-15-12-9-5-8-11(14)13(12)10-6-3-2-4-7-10/h2-4,6-9,14H,1H3. The summed E-state index contributed by atoms with van der Waals surface area (Å²) in [6, 6.07) is 15.7. The van der Waals surface area contributed by atoms with Gasteiger partial charge in [0.05, 0.1) is 12.7 Å². The Morgan fingerprint density at radius 3 is 2.53 bits per heavy atom. The lowest BCUT2D eigenvalue weighted by atomic mass is 10.0. The van der Waals surface area contributed by atoms with Gasteiger partial charge in [-0.25, -0.2) is 0 Å². The molecule has 1 N–H and O–H groups in total. The maximum Gasteiger partial charge on any atom is 0.131 e. The molecule has 0 saturated carbocycles. The van der Waals surface area contributed by atoms with Gasteiger partial charge in [-0.1, -0.05) is 30.3 Å². The average Bonchev–Trinajstić information content (AvgIpc) is 2.29. The summed E-state index contributed by atoms with van der Waals surface area (Å²) < 4.78 is 5.19. The summed E-state index contributed by atoms with van der Waals surface area (Å²) in [5.41, 5.74) is 1.64. The molecule has 0 aliphatic rings. The normalized spacial score (nSPS) is 9.93. The molecule has 0 aromatic heterocycles. The van der Waals surface area contributed by atoms with Crippen LogP contribution < -0.4 is 4.74 Å². The molecule has 2 heteroatoms. The highest BCUT2D eigenvalue weighted by atomic mass is 16.5. The van der Waals surface area contributed by atoms with E-state index in [4.69, 9.17) is 4.74 Å². The van der Waals surface area contributed by atoms with Gasteiger partial charge >= 0.3 is 0 Å². The SMILES string of the molecule is COc1c[c]cc(O)c1-c1ccccc1. The molecule has 0 atom stereocenters. The highest BCUT2D eigenvalue weighted by molar-refractivity contribution is 5.76. The number of hydrogen-bond acceptors (Lipinski definition) is 2. The van der Waals surface area contributed by atoms with Gasteiger partial charge in [0.15, 0.2) is 0 Å². The fourth-order valence-electron chi connectivity index (χ4n) is 1.52. The molecular weight excluding hydrogens is 188 g/mol. The van der Waals surface area contributed by atoms with Gasteiger partial charge in [-0.3, -0.25) is 0 Å². The predicted molar refractivity (Wildman–Crippen MR) is 58.9 cm³/mol. The molecule has 0 amide bonds. The van der Waals surface area contributed by atoms with Crippen LogP contribution in [0.3, 0.4) is 0 Å². The molecule has 2 aromatic carbocycles. The van der Waals surface area contributed by atoms with Gasteiger partial charge in [-0.15, -0.1) is 0 Å². The second kappa shape index (κ2) is 4.05. The van der Waals surface area contributed by atoms with Crippen LogP contribution in [0, 0.1) is 6.07 Å². The minimum Gasteiger partial charge on any atom is -0.507 e. The van der Waals surface area contributed by atoms with Crippen LogP contribution in [0.5, 0.6) is 11.5 Å². The first-order valence-corrected chi connectivity index (χ1v) is 4.65. The van der Waals surface area contributed by atoms with E-state index in [9.17, 15) is 5.11 Å². The number of hydrogen-bond donors (Lipinski definition) is 1. The smallest absolute Gasteiger partial charge is 0.131 e. The summed E-state index contributed by atoms with van der Waals surface area (Å²) in [6.07, 6.45) is 0. The largest absolute Gasteiger partial charge is 0.507 e. The molecule has 0 heterocycles. The van der Waals surface area contributed by atoms with Crippen molar-refractivity contribution >= 4 is 0 Å². The van der Waals surface area contributed by atoms with E-state index in [-0.39, 0.29) is 5.75 Å². The van der Waals surface area contributed by atoms with E-state index >= 15 is 0 Å². The van der Waals surface area contributed by atoms with Gasteiger partial charge in [-0.2, -0.15) is 0 Å². The fraction of sp³-hybridized carbons (Fsp3) is 0.0769. The third-order valence-electron chi connectivity index (χ3n) is 2.22. The molecule has 75 valence electrons. The first kappa shape index (κ1) is 9.59. The van der Waals surface area contributed by atoms with Gasteiger partial charge in [0, 0.05) is 0 Å². The number of methoxy groups -OCH3 is 1. The maximum atomic E-state index is 9.76. The van der Waals surface area contributed by atoms with Gasteiger partial charge in [-0.05, 0) is 23.8 Å². The van der Waals surface area contributed by atoms with E-state index in [1.54, 1.807) is 13.2 Å². The van der Waals surface area contributed by atoms with E-state index in [1.165, 1.54) is 6.07 Å². The Balaban J connectivity index is 2.61. The minimum atomic E-state index is 0.181. The molecule has 2 nitrogen and oxygen atoms in total. The van der Waals surface area contributed by atoms with Crippen molar-refractivity contribution in [3.05, 3.63) is 48.5 Å². The summed E-state index contributed by atoms with van der Waals surface area (Å²) in [4.78, 5) is 0. The second-order valence-corrected chi connectivity index (χ2v) is 3.15. The van der Waals surface area contributed by atoms with Crippen LogP contribution in [0.2, 0.25) is 0 Å². The van der Waals surface area contributed by atoms with Crippen LogP contribution in [-0.2, 0) is 0 Å². The summed E-state index contributed by atoms with van der Waals surface area (Å²) in [6.45, 7) is 0. The second-order valence-electron chi connectivity index (χ2n) is 3.15. The monoisotopic (exact) mass is 199 g/mol. The molecule has 0 aliphatic carbocycles. The lowest BCUT2D eigenvalue weighted by molar-refractivity contribution is 0.410. The lowest BCUT2D eigenvalue weighted by Crippen LogP contribution is -1.88. The Morgan fingerprint density at radius 1 is 1.13 bits per heavy atom.